The van der Waals surface area contributed by atoms with Gasteiger partial charge in [0.25, 0.3) is 5.91 Å². The second-order valence-electron chi connectivity index (χ2n) is 6.84. The van der Waals surface area contributed by atoms with Gasteiger partial charge in [0.15, 0.2) is 5.65 Å². The lowest BCUT2D eigenvalue weighted by molar-refractivity contribution is 0.0962. The van der Waals surface area contributed by atoms with Crippen LogP contribution in [-0.4, -0.2) is 64.0 Å². The number of fused-ring (bicyclic) bond motifs is 1. The molecular weight excluding hydrogens is 354 g/mol. The maximum atomic E-state index is 11.6. The Morgan fingerprint density at radius 2 is 1.82 bits per heavy atom. The average molecular weight is 377 g/mol. The minimum absolute atomic E-state index is 0.178. The summed E-state index contributed by atoms with van der Waals surface area (Å²) >= 11 is 0. The minimum Gasteiger partial charge on any atom is -0.355 e. The topological polar surface area (TPSA) is 87.1 Å². The van der Waals surface area contributed by atoms with Crippen molar-refractivity contribution in [1.29, 1.82) is 0 Å². The molecule has 0 aliphatic carbocycles. The highest BCUT2D eigenvalue weighted by Gasteiger charge is 2.24. The molecular formula is C20H23N7O. The van der Waals surface area contributed by atoms with Crippen molar-refractivity contribution < 1.29 is 4.79 Å². The van der Waals surface area contributed by atoms with Gasteiger partial charge in [-0.05, 0) is 31.2 Å². The van der Waals surface area contributed by atoms with Gasteiger partial charge in [-0.25, -0.2) is 19.9 Å². The molecule has 144 valence electrons. The van der Waals surface area contributed by atoms with Crippen LogP contribution in [0, 0.1) is 0 Å². The lowest BCUT2D eigenvalue weighted by atomic mass is 10.1. The third-order valence-electron chi connectivity index (χ3n) is 5.19. The summed E-state index contributed by atoms with van der Waals surface area (Å²) in [5.74, 6) is 0.482. The van der Waals surface area contributed by atoms with Crippen molar-refractivity contribution in [3.8, 4) is 0 Å². The molecule has 8 nitrogen and oxygen atoms in total. The maximum absolute atomic E-state index is 11.6. The van der Waals surface area contributed by atoms with Gasteiger partial charge < -0.3 is 10.2 Å². The van der Waals surface area contributed by atoms with Crippen molar-refractivity contribution in [1.82, 2.24) is 30.2 Å². The number of rotatable bonds is 4. The standard InChI is InChI=1S/C20H23N7O/c1-14(17-6-5-15-4-3-7-22-18(15)25-17)26-8-10-27(11-9-26)20-23-12-16(13-24-20)19(28)21-2/h3-7,12-14H,8-11H2,1-2H3,(H,21,28). The van der Waals surface area contributed by atoms with Crippen LogP contribution >= 0.6 is 0 Å². The van der Waals surface area contributed by atoms with Crippen molar-refractivity contribution >= 4 is 22.9 Å². The van der Waals surface area contributed by atoms with E-state index in [4.69, 9.17) is 4.98 Å². The largest absolute Gasteiger partial charge is 0.355 e. The molecule has 1 saturated heterocycles. The number of carbonyl (C=O) groups excluding carboxylic acids is 1. The average Bonchev–Trinajstić information content (AvgIpc) is 2.78. The van der Waals surface area contributed by atoms with E-state index in [0.29, 0.717) is 11.5 Å². The van der Waals surface area contributed by atoms with Crippen LogP contribution in [0.5, 0.6) is 0 Å². The number of aromatic nitrogens is 4. The number of hydrogen-bond acceptors (Lipinski definition) is 7. The summed E-state index contributed by atoms with van der Waals surface area (Å²) in [5, 5.41) is 3.63. The summed E-state index contributed by atoms with van der Waals surface area (Å²) in [7, 11) is 1.59. The van der Waals surface area contributed by atoms with Gasteiger partial charge in [-0.1, -0.05) is 0 Å². The van der Waals surface area contributed by atoms with Gasteiger partial charge in [0.2, 0.25) is 5.95 Å². The zero-order valence-corrected chi connectivity index (χ0v) is 16.0. The molecule has 1 N–H and O–H groups in total. The van der Waals surface area contributed by atoms with Crippen LogP contribution in [-0.2, 0) is 0 Å². The second-order valence-corrected chi connectivity index (χ2v) is 6.84. The van der Waals surface area contributed by atoms with E-state index in [1.165, 1.54) is 0 Å². The summed E-state index contributed by atoms with van der Waals surface area (Å²) in [6.45, 7) is 5.62. The van der Waals surface area contributed by atoms with Crippen molar-refractivity contribution in [3.05, 3.63) is 54.1 Å². The van der Waals surface area contributed by atoms with Gasteiger partial charge in [0.05, 0.1) is 11.3 Å². The summed E-state index contributed by atoms with van der Waals surface area (Å²) in [5.41, 5.74) is 2.29. The normalized spacial score (nSPS) is 16.1. The Kier molecular flexibility index (Phi) is 5.12. The van der Waals surface area contributed by atoms with Crippen LogP contribution in [0.25, 0.3) is 11.0 Å². The zero-order chi connectivity index (χ0) is 19.5. The Morgan fingerprint density at radius 3 is 2.54 bits per heavy atom. The molecule has 4 rings (SSSR count). The van der Waals surface area contributed by atoms with E-state index < -0.39 is 0 Å². The lowest BCUT2D eigenvalue weighted by Crippen LogP contribution is -2.47. The number of nitrogens with zero attached hydrogens (tertiary/aromatic N) is 6. The predicted octanol–water partition coefficient (Wildman–Crippen LogP) is 1.66. The zero-order valence-electron chi connectivity index (χ0n) is 16.0. The Balaban J connectivity index is 1.41. The fourth-order valence-corrected chi connectivity index (χ4v) is 3.44. The summed E-state index contributed by atoms with van der Waals surface area (Å²) in [6.07, 6.45) is 4.92. The van der Waals surface area contributed by atoms with E-state index in [9.17, 15) is 4.79 Å². The van der Waals surface area contributed by atoms with Crippen molar-refractivity contribution in [3.63, 3.8) is 0 Å². The molecule has 28 heavy (non-hydrogen) atoms. The Hall–Kier alpha value is -3.13. The highest BCUT2D eigenvalue weighted by molar-refractivity contribution is 5.93. The number of hydrogen-bond donors (Lipinski definition) is 1. The molecule has 1 aliphatic heterocycles. The van der Waals surface area contributed by atoms with Crippen LogP contribution in [0.3, 0.4) is 0 Å². The van der Waals surface area contributed by atoms with Gasteiger partial charge in [0, 0.05) is 63.2 Å². The fraction of sp³-hybridized carbons (Fsp3) is 0.350. The van der Waals surface area contributed by atoms with E-state index in [1.54, 1.807) is 25.6 Å². The third kappa shape index (κ3) is 3.63. The molecule has 0 radical (unpaired) electrons. The van der Waals surface area contributed by atoms with Crippen molar-refractivity contribution in [2.75, 3.05) is 38.1 Å². The van der Waals surface area contributed by atoms with E-state index in [-0.39, 0.29) is 11.9 Å². The van der Waals surface area contributed by atoms with Crippen LogP contribution in [0.15, 0.2) is 42.9 Å². The molecule has 4 heterocycles. The number of piperazine rings is 1. The third-order valence-corrected chi connectivity index (χ3v) is 5.19. The molecule has 0 aromatic carbocycles. The van der Waals surface area contributed by atoms with Gasteiger partial charge in [0.1, 0.15) is 0 Å². The van der Waals surface area contributed by atoms with Gasteiger partial charge >= 0.3 is 0 Å². The van der Waals surface area contributed by atoms with E-state index in [2.05, 4.69) is 49.1 Å². The number of carbonyl (C=O) groups is 1. The van der Waals surface area contributed by atoms with E-state index in [0.717, 1.165) is 42.9 Å². The lowest BCUT2D eigenvalue weighted by Gasteiger charge is -2.37. The molecule has 1 fully saturated rings. The van der Waals surface area contributed by atoms with Crippen LogP contribution < -0.4 is 10.2 Å². The van der Waals surface area contributed by atoms with Crippen molar-refractivity contribution in [2.24, 2.45) is 0 Å². The number of amides is 1. The predicted molar refractivity (Wildman–Crippen MR) is 107 cm³/mol. The number of anilines is 1. The van der Waals surface area contributed by atoms with Gasteiger partial charge in [-0.15, -0.1) is 0 Å². The van der Waals surface area contributed by atoms with Crippen LogP contribution in [0.1, 0.15) is 29.0 Å². The smallest absolute Gasteiger partial charge is 0.254 e. The SMILES string of the molecule is CNC(=O)c1cnc(N2CCN(C(C)c3ccc4cccnc4n3)CC2)nc1. The Bertz CT molecular complexity index is 968. The molecule has 0 bridgehead atoms. The van der Waals surface area contributed by atoms with Gasteiger partial charge in [-0.2, -0.15) is 0 Å². The maximum Gasteiger partial charge on any atom is 0.254 e. The number of pyridine rings is 2. The van der Waals surface area contributed by atoms with E-state index in [1.807, 2.05) is 12.1 Å². The first-order chi connectivity index (χ1) is 13.7. The quantitative estimate of drug-likeness (QED) is 0.740. The molecule has 0 spiro atoms. The molecule has 1 aliphatic rings. The first-order valence-electron chi connectivity index (χ1n) is 9.40. The van der Waals surface area contributed by atoms with Crippen molar-refractivity contribution in [2.45, 2.75) is 13.0 Å². The minimum atomic E-state index is -0.178. The van der Waals surface area contributed by atoms with Crippen LogP contribution in [0.4, 0.5) is 5.95 Å². The molecule has 1 unspecified atom stereocenters. The molecule has 1 atom stereocenters. The summed E-state index contributed by atoms with van der Waals surface area (Å²) < 4.78 is 0. The Morgan fingerprint density at radius 1 is 1.07 bits per heavy atom. The Labute approximate surface area is 163 Å². The highest BCUT2D eigenvalue weighted by Crippen LogP contribution is 2.23. The molecule has 3 aromatic heterocycles. The molecule has 1 amide bonds. The second kappa shape index (κ2) is 7.85. The van der Waals surface area contributed by atoms with Gasteiger partial charge in [-0.3, -0.25) is 9.69 Å². The molecule has 3 aromatic rings. The molecule has 0 saturated carbocycles. The monoisotopic (exact) mass is 377 g/mol. The molecule has 8 heteroatoms. The van der Waals surface area contributed by atoms with E-state index >= 15 is 0 Å². The fourth-order valence-electron chi connectivity index (χ4n) is 3.44. The first kappa shape index (κ1) is 18.2. The van der Waals surface area contributed by atoms with Crippen LogP contribution in [0.2, 0.25) is 0 Å². The summed E-state index contributed by atoms with van der Waals surface area (Å²) in [4.78, 5) is 34.0. The first-order valence-corrected chi connectivity index (χ1v) is 9.40. The number of nitrogens with one attached hydrogen (secondary N) is 1. The highest BCUT2D eigenvalue weighted by atomic mass is 16.1. The summed E-state index contributed by atoms with van der Waals surface area (Å²) in [6, 6.07) is 8.33.